The second-order valence-electron chi connectivity index (χ2n) is 7.85. The average molecular weight is 432 g/mol. The fraction of sp³-hybridized carbons (Fsp3) is 0.571. The molecule has 2 saturated heterocycles. The predicted molar refractivity (Wildman–Crippen MR) is 118 cm³/mol. The van der Waals surface area contributed by atoms with Gasteiger partial charge in [-0.15, -0.1) is 0 Å². The summed E-state index contributed by atoms with van der Waals surface area (Å²) >= 11 is 0. The van der Waals surface area contributed by atoms with Gasteiger partial charge in [0.25, 0.3) is 0 Å². The van der Waals surface area contributed by atoms with Crippen molar-refractivity contribution >= 4 is 23.5 Å². The molecule has 0 saturated carbocycles. The van der Waals surface area contributed by atoms with E-state index in [0.717, 1.165) is 32.4 Å². The lowest BCUT2D eigenvalue weighted by Crippen LogP contribution is -2.40. The fourth-order valence-electron chi connectivity index (χ4n) is 3.97. The first-order valence-electron chi connectivity index (χ1n) is 10.9. The Labute approximate surface area is 181 Å². The van der Waals surface area contributed by atoms with Crippen LogP contribution in [-0.2, 0) is 4.74 Å². The molecule has 4 rings (SSSR count). The lowest BCUT2D eigenvalue weighted by Gasteiger charge is -2.24. The number of rotatable bonds is 9. The number of aromatic nitrogens is 3. The molecule has 1 aromatic heterocycles. The van der Waals surface area contributed by atoms with Crippen molar-refractivity contribution in [1.82, 2.24) is 20.3 Å². The summed E-state index contributed by atoms with van der Waals surface area (Å²) in [6.07, 6.45) is 4.13. The van der Waals surface area contributed by atoms with E-state index in [0.29, 0.717) is 36.2 Å². The van der Waals surface area contributed by atoms with Crippen molar-refractivity contribution in [3.8, 4) is 5.75 Å². The van der Waals surface area contributed by atoms with Crippen molar-refractivity contribution in [3.63, 3.8) is 0 Å². The first-order valence-corrected chi connectivity index (χ1v) is 10.9. The van der Waals surface area contributed by atoms with Crippen LogP contribution in [0.5, 0.6) is 5.75 Å². The first-order chi connectivity index (χ1) is 15.1. The van der Waals surface area contributed by atoms with Crippen LogP contribution >= 0.6 is 0 Å². The molecule has 4 N–H and O–H groups in total. The molecule has 168 valence electrons. The average Bonchev–Trinajstić information content (AvgIpc) is 3.46. The number of ether oxygens (including phenoxy) is 2. The van der Waals surface area contributed by atoms with E-state index >= 15 is 0 Å². The Kier molecular flexibility index (Phi) is 6.98. The molecule has 2 aliphatic heterocycles. The van der Waals surface area contributed by atoms with Crippen LogP contribution in [0.15, 0.2) is 18.2 Å². The molecule has 0 bridgehead atoms. The van der Waals surface area contributed by atoms with Crippen molar-refractivity contribution in [2.24, 2.45) is 0 Å². The third-order valence-corrected chi connectivity index (χ3v) is 5.64. The van der Waals surface area contributed by atoms with E-state index in [9.17, 15) is 4.39 Å². The summed E-state index contributed by atoms with van der Waals surface area (Å²) in [5.74, 6) is 0.992. The van der Waals surface area contributed by atoms with Gasteiger partial charge in [0.05, 0.1) is 19.8 Å². The van der Waals surface area contributed by atoms with E-state index in [1.165, 1.54) is 19.6 Å². The van der Waals surface area contributed by atoms with Crippen LogP contribution in [0.3, 0.4) is 0 Å². The highest BCUT2D eigenvalue weighted by atomic mass is 19.1. The first kappa shape index (κ1) is 21.5. The number of benzene rings is 1. The molecule has 3 unspecified atom stereocenters. The minimum atomic E-state index is -0.459. The van der Waals surface area contributed by atoms with E-state index in [4.69, 9.17) is 9.47 Å². The quantitative estimate of drug-likeness (QED) is 0.477. The van der Waals surface area contributed by atoms with Gasteiger partial charge in [-0.2, -0.15) is 15.0 Å². The molecule has 3 atom stereocenters. The van der Waals surface area contributed by atoms with E-state index in [-0.39, 0.29) is 17.8 Å². The number of anilines is 4. The zero-order valence-electron chi connectivity index (χ0n) is 17.9. The van der Waals surface area contributed by atoms with Gasteiger partial charge in [-0.05, 0) is 44.4 Å². The maximum Gasteiger partial charge on any atom is 0.233 e. The van der Waals surface area contributed by atoms with E-state index in [2.05, 4.69) is 43.1 Å². The highest BCUT2D eigenvalue weighted by Gasteiger charge is 2.24. The van der Waals surface area contributed by atoms with Crippen LogP contribution in [-0.4, -0.2) is 59.9 Å². The molecule has 1 aromatic carbocycles. The van der Waals surface area contributed by atoms with Crippen LogP contribution < -0.4 is 26.0 Å². The second kappa shape index (κ2) is 10.1. The largest absolute Gasteiger partial charge is 0.494 e. The molecule has 10 heteroatoms. The van der Waals surface area contributed by atoms with Crippen LogP contribution in [0, 0.1) is 5.82 Å². The molecule has 9 nitrogen and oxygen atoms in total. The molecule has 3 heterocycles. The summed E-state index contributed by atoms with van der Waals surface area (Å²) in [7, 11) is 1.43. The number of hydrogen-bond acceptors (Lipinski definition) is 9. The zero-order chi connectivity index (χ0) is 21.6. The molecule has 2 aromatic rings. The third kappa shape index (κ3) is 5.50. The summed E-state index contributed by atoms with van der Waals surface area (Å²) in [4.78, 5) is 13.6. The minimum absolute atomic E-state index is 0.153. The molecular formula is C21H30FN7O2. The topological polar surface area (TPSA) is 105 Å². The van der Waals surface area contributed by atoms with Gasteiger partial charge in [-0.1, -0.05) is 6.92 Å². The van der Waals surface area contributed by atoms with Crippen LogP contribution in [0.1, 0.15) is 32.6 Å². The van der Waals surface area contributed by atoms with Gasteiger partial charge in [0.15, 0.2) is 11.6 Å². The normalized spacial score (nSPS) is 21.6. The zero-order valence-corrected chi connectivity index (χ0v) is 17.9. The number of halogens is 1. The lowest BCUT2D eigenvalue weighted by molar-refractivity contribution is 0.195. The summed E-state index contributed by atoms with van der Waals surface area (Å²) in [6.45, 7) is 4.51. The number of nitrogens with one attached hydrogen (secondary N) is 4. The van der Waals surface area contributed by atoms with Crippen molar-refractivity contribution in [2.45, 2.75) is 50.7 Å². The Balaban J connectivity index is 1.56. The Morgan fingerprint density at radius 1 is 1.23 bits per heavy atom. The standard InChI is InChI=1S/C21H30FN7O2/c1-3-16(17-5-4-9-23-17)26-21-28-19(24-13-6-7-18(30-2)15(22)11-13)27-20(29-21)25-14-8-10-31-12-14/h6-7,11,14,16-17,23H,3-5,8-10,12H2,1-2H3,(H3,24,25,26,27,28,29). The van der Waals surface area contributed by atoms with Gasteiger partial charge < -0.3 is 30.7 Å². The SMILES string of the molecule is CCC(Nc1nc(Nc2ccc(OC)c(F)c2)nc(NC2CCOC2)n1)C1CCCN1. The maximum atomic E-state index is 14.1. The van der Waals surface area contributed by atoms with Gasteiger partial charge >= 0.3 is 0 Å². The monoisotopic (exact) mass is 431 g/mol. The minimum Gasteiger partial charge on any atom is -0.494 e. The molecular weight excluding hydrogens is 401 g/mol. The van der Waals surface area contributed by atoms with Gasteiger partial charge in [-0.25, -0.2) is 4.39 Å². The molecule has 0 amide bonds. The molecule has 0 aliphatic carbocycles. The molecule has 0 spiro atoms. The molecule has 2 aliphatic rings. The van der Waals surface area contributed by atoms with Gasteiger partial charge in [-0.3, -0.25) is 0 Å². The number of methoxy groups -OCH3 is 1. The molecule has 0 radical (unpaired) electrons. The van der Waals surface area contributed by atoms with Crippen LogP contribution in [0.25, 0.3) is 0 Å². The summed E-state index contributed by atoms with van der Waals surface area (Å²) in [5.41, 5.74) is 0.523. The maximum absolute atomic E-state index is 14.1. The van der Waals surface area contributed by atoms with Crippen molar-refractivity contribution in [1.29, 1.82) is 0 Å². The fourth-order valence-corrected chi connectivity index (χ4v) is 3.97. The van der Waals surface area contributed by atoms with Crippen LogP contribution in [0.4, 0.5) is 27.9 Å². The Bertz CT molecular complexity index is 873. The predicted octanol–water partition coefficient (Wildman–Crippen LogP) is 2.91. The Morgan fingerprint density at radius 3 is 2.74 bits per heavy atom. The molecule has 2 fully saturated rings. The van der Waals surface area contributed by atoms with Crippen molar-refractivity contribution in [2.75, 3.05) is 42.8 Å². The van der Waals surface area contributed by atoms with E-state index in [1.807, 2.05) is 0 Å². The third-order valence-electron chi connectivity index (χ3n) is 5.64. The van der Waals surface area contributed by atoms with Crippen molar-refractivity contribution in [3.05, 3.63) is 24.0 Å². The Hall–Kier alpha value is -2.72. The highest BCUT2D eigenvalue weighted by Crippen LogP contribution is 2.24. The smallest absolute Gasteiger partial charge is 0.233 e. The van der Waals surface area contributed by atoms with Gasteiger partial charge in [0.1, 0.15) is 0 Å². The Morgan fingerprint density at radius 2 is 2.06 bits per heavy atom. The van der Waals surface area contributed by atoms with E-state index < -0.39 is 5.82 Å². The highest BCUT2D eigenvalue weighted by molar-refractivity contribution is 5.57. The van der Waals surface area contributed by atoms with Crippen molar-refractivity contribution < 1.29 is 13.9 Å². The summed E-state index contributed by atoms with van der Waals surface area (Å²) in [6, 6.07) is 5.37. The van der Waals surface area contributed by atoms with Gasteiger partial charge in [0.2, 0.25) is 17.8 Å². The van der Waals surface area contributed by atoms with Crippen LogP contribution in [0.2, 0.25) is 0 Å². The number of nitrogens with zero attached hydrogens (tertiary/aromatic N) is 3. The lowest BCUT2D eigenvalue weighted by atomic mass is 10.0. The van der Waals surface area contributed by atoms with Gasteiger partial charge in [0, 0.05) is 30.4 Å². The summed E-state index contributed by atoms with van der Waals surface area (Å²) in [5, 5.41) is 13.4. The molecule has 31 heavy (non-hydrogen) atoms. The second-order valence-corrected chi connectivity index (χ2v) is 7.85. The van der Waals surface area contributed by atoms with E-state index in [1.54, 1.807) is 12.1 Å². The summed E-state index contributed by atoms with van der Waals surface area (Å²) < 4.78 is 24.5. The number of hydrogen-bond donors (Lipinski definition) is 4.